The number of hydrogen-bond donors (Lipinski definition) is 1. The number of nitrogens with two attached hydrogens (primary N) is 1. The van der Waals surface area contributed by atoms with Gasteiger partial charge in [0.15, 0.2) is 0 Å². The largest absolute Gasteiger partial charge is 0.488 e. The van der Waals surface area contributed by atoms with E-state index in [0.29, 0.717) is 6.61 Å². The van der Waals surface area contributed by atoms with E-state index in [-0.39, 0.29) is 6.04 Å². The Hall–Kier alpha value is -1.32. The lowest BCUT2D eigenvalue weighted by Gasteiger charge is -2.14. The predicted octanol–water partition coefficient (Wildman–Crippen LogP) is 3.66. The van der Waals surface area contributed by atoms with Gasteiger partial charge >= 0.3 is 0 Å². The molecule has 0 saturated heterocycles. The maximum absolute atomic E-state index is 5.95. The molecule has 0 aliphatic carbocycles. The van der Waals surface area contributed by atoms with Crippen LogP contribution in [0.2, 0.25) is 0 Å². The molecule has 17 heavy (non-hydrogen) atoms. The molecule has 3 heteroatoms. The van der Waals surface area contributed by atoms with Crippen molar-refractivity contribution >= 4 is 11.3 Å². The lowest BCUT2D eigenvalue weighted by atomic mass is 10.1. The van der Waals surface area contributed by atoms with Crippen LogP contribution in [0.5, 0.6) is 5.75 Å². The Morgan fingerprint density at radius 3 is 2.82 bits per heavy atom. The molecule has 2 N–H and O–H groups in total. The highest BCUT2D eigenvalue weighted by Crippen LogP contribution is 2.26. The summed E-state index contributed by atoms with van der Waals surface area (Å²) in [5.74, 6) is 0.888. The van der Waals surface area contributed by atoms with Crippen molar-refractivity contribution in [3.05, 3.63) is 51.7 Å². The molecule has 0 saturated carbocycles. The van der Waals surface area contributed by atoms with Gasteiger partial charge in [-0.2, -0.15) is 0 Å². The molecule has 2 aromatic rings. The minimum Gasteiger partial charge on any atom is -0.488 e. The van der Waals surface area contributed by atoms with E-state index in [9.17, 15) is 0 Å². The minimum absolute atomic E-state index is 0.00626. The zero-order chi connectivity index (χ0) is 12.3. The van der Waals surface area contributed by atoms with Crippen molar-refractivity contribution in [2.75, 3.05) is 0 Å². The molecule has 2 rings (SSSR count). The third-order valence-electron chi connectivity index (χ3n) is 2.61. The van der Waals surface area contributed by atoms with Gasteiger partial charge < -0.3 is 10.5 Å². The van der Waals surface area contributed by atoms with Gasteiger partial charge in [-0.15, -0.1) is 11.3 Å². The van der Waals surface area contributed by atoms with Gasteiger partial charge in [0, 0.05) is 16.5 Å². The van der Waals surface area contributed by atoms with E-state index in [1.165, 1.54) is 10.4 Å². The van der Waals surface area contributed by atoms with Gasteiger partial charge in [-0.3, -0.25) is 0 Å². The summed E-state index contributed by atoms with van der Waals surface area (Å²) in [5.41, 5.74) is 8.23. The Labute approximate surface area is 106 Å². The molecule has 2 nitrogen and oxygen atoms in total. The highest BCUT2D eigenvalue weighted by molar-refractivity contribution is 7.09. The van der Waals surface area contributed by atoms with Gasteiger partial charge in [0.2, 0.25) is 0 Å². The Morgan fingerprint density at radius 1 is 1.35 bits per heavy atom. The van der Waals surface area contributed by atoms with Crippen LogP contribution >= 0.6 is 11.3 Å². The molecule has 1 aromatic heterocycles. The van der Waals surface area contributed by atoms with Gasteiger partial charge in [0.1, 0.15) is 12.4 Å². The highest BCUT2D eigenvalue weighted by atomic mass is 32.1. The van der Waals surface area contributed by atoms with Crippen molar-refractivity contribution in [2.45, 2.75) is 26.5 Å². The molecule has 0 bridgehead atoms. The second-order valence-electron chi connectivity index (χ2n) is 4.20. The van der Waals surface area contributed by atoms with Crippen LogP contribution in [0, 0.1) is 6.92 Å². The number of thiophene rings is 1. The first-order chi connectivity index (χ1) is 8.16. The molecule has 1 atom stereocenters. The number of hydrogen-bond acceptors (Lipinski definition) is 3. The molecule has 90 valence electrons. The fourth-order valence-corrected chi connectivity index (χ4v) is 2.31. The summed E-state index contributed by atoms with van der Waals surface area (Å²) in [6.07, 6.45) is 0. The van der Waals surface area contributed by atoms with Gasteiger partial charge in [-0.1, -0.05) is 23.8 Å². The molecule has 0 aliphatic heterocycles. The Bertz CT molecular complexity index is 477. The van der Waals surface area contributed by atoms with Crippen LogP contribution in [-0.2, 0) is 6.61 Å². The fraction of sp³-hybridized carbons (Fsp3) is 0.286. The van der Waals surface area contributed by atoms with Crippen LogP contribution < -0.4 is 10.5 Å². The number of aryl methyl sites for hydroxylation is 1. The lowest BCUT2D eigenvalue weighted by molar-refractivity contribution is 0.305. The molecular weight excluding hydrogens is 230 g/mol. The maximum Gasteiger partial charge on any atom is 0.124 e. The Morgan fingerprint density at radius 2 is 2.18 bits per heavy atom. The average Bonchev–Trinajstić information content (AvgIpc) is 2.80. The topological polar surface area (TPSA) is 35.2 Å². The molecule has 1 heterocycles. The van der Waals surface area contributed by atoms with Crippen molar-refractivity contribution in [2.24, 2.45) is 5.73 Å². The van der Waals surface area contributed by atoms with Crippen LogP contribution in [0.1, 0.15) is 29.0 Å². The van der Waals surface area contributed by atoms with Crippen molar-refractivity contribution in [1.82, 2.24) is 0 Å². The molecule has 0 fully saturated rings. The molecule has 0 spiro atoms. The molecule has 1 unspecified atom stereocenters. The van der Waals surface area contributed by atoms with E-state index in [1.807, 2.05) is 19.1 Å². The quantitative estimate of drug-likeness (QED) is 0.895. The van der Waals surface area contributed by atoms with Gasteiger partial charge in [0.25, 0.3) is 0 Å². The minimum atomic E-state index is -0.00626. The number of ether oxygens (including phenoxy) is 1. The van der Waals surface area contributed by atoms with E-state index in [2.05, 4.69) is 30.5 Å². The highest BCUT2D eigenvalue weighted by Gasteiger charge is 2.08. The van der Waals surface area contributed by atoms with Crippen molar-refractivity contribution < 1.29 is 4.74 Å². The van der Waals surface area contributed by atoms with Crippen LogP contribution in [0.4, 0.5) is 0 Å². The van der Waals surface area contributed by atoms with Crippen LogP contribution in [-0.4, -0.2) is 0 Å². The first-order valence-electron chi connectivity index (χ1n) is 5.68. The number of rotatable bonds is 4. The fourth-order valence-electron chi connectivity index (χ4n) is 1.70. The molecule has 1 aromatic carbocycles. The van der Waals surface area contributed by atoms with E-state index in [1.54, 1.807) is 11.3 Å². The van der Waals surface area contributed by atoms with Crippen LogP contribution in [0.3, 0.4) is 0 Å². The second-order valence-corrected chi connectivity index (χ2v) is 5.23. The standard InChI is InChI=1S/C14H17NOS/c1-10-5-6-14(13(8-10)11(2)15)16-9-12-4-3-7-17-12/h3-8,11H,9,15H2,1-2H3. The van der Waals surface area contributed by atoms with E-state index in [4.69, 9.17) is 10.5 Å². The zero-order valence-corrected chi connectivity index (χ0v) is 11.0. The third-order valence-corrected chi connectivity index (χ3v) is 3.46. The van der Waals surface area contributed by atoms with E-state index in [0.717, 1.165) is 11.3 Å². The van der Waals surface area contributed by atoms with Crippen molar-refractivity contribution in [3.63, 3.8) is 0 Å². The van der Waals surface area contributed by atoms with Gasteiger partial charge in [0.05, 0.1) is 0 Å². The summed E-state index contributed by atoms with van der Waals surface area (Å²) in [5, 5.41) is 2.06. The molecule has 0 amide bonds. The number of benzene rings is 1. The zero-order valence-electron chi connectivity index (χ0n) is 10.1. The van der Waals surface area contributed by atoms with Crippen molar-refractivity contribution in [3.8, 4) is 5.75 Å². The second kappa shape index (κ2) is 5.34. The third kappa shape index (κ3) is 3.08. The van der Waals surface area contributed by atoms with Crippen LogP contribution in [0.25, 0.3) is 0 Å². The summed E-state index contributed by atoms with van der Waals surface area (Å²) >= 11 is 1.70. The normalized spacial score (nSPS) is 12.4. The van der Waals surface area contributed by atoms with Gasteiger partial charge in [-0.05, 0) is 31.4 Å². The van der Waals surface area contributed by atoms with E-state index < -0.39 is 0 Å². The monoisotopic (exact) mass is 247 g/mol. The maximum atomic E-state index is 5.95. The van der Waals surface area contributed by atoms with Gasteiger partial charge in [-0.25, -0.2) is 0 Å². The summed E-state index contributed by atoms with van der Waals surface area (Å²) in [7, 11) is 0. The molecule has 0 aliphatic rings. The lowest BCUT2D eigenvalue weighted by Crippen LogP contribution is -2.08. The summed E-state index contributed by atoms with van der Waals surface area (Å²) in [6.45, 7) is 4.65. The predicted molar refractivity (Wildman–Crippen MR) is 72.4 cm³/mol. The van der Waals surface area contributed by atoms with Crippen molar-refractivity contribution in [1.29, 1.82) is 0 Å². The average molecular weight is 247 g/mol. The molecular formula is C14H17NOS. The summed E-state index contributed by atoms with van der Waals surface area (Å²) in [6, 6.07) is 10.2. The smallest absolute Gasteiger partial charge is 0.124 e. The summed E-state index contributed by atoms with van der Waals surface area (Å²) in [4.78, 5) is 1.22. The summed E-state index contributed by atoms with van der Waals surface area (Å²) < 4.78 is 5.83. The Balaban J connectivity index is 2.14. The first-order valence-corrected chi connectivity index (χ1v) is 6.56. The first kappa shape index (κ1) is 12.1. The van der Waals surface area contributed by atoms with Crippen LogP contribution in [0.15, 0.2) is 35.7 Å². The van der Waals surface area contributed by atoms with E-state index >= 15 is 0 Å². The Kier molecular flexibility index (Phi) is 3.82. The SMILES string of the molecule is Cc1ccc(OCc2cccs2)c(C(C)N)c1. The molecule has 0 radical (unpaired) electrons.